The van der Waals surface area contributed by atoms with Crippen LogP contribution in [0.2, 0.25) is 0 Å². The molecule has 0 fully saturated rings. The van der Waals surface area contributed by atoms with Gasteiger partial charge in [-0.3, -0.25) is 4.79 Å². The second-order valence-corrected chi connectivity index (χ2v) is 5.50. The van der Waals surface area contributed by atoms with Gasteiger partial charge in [0.2, 0.25) is 0 Å². The van der Waals surface area contributed by atoms with Crippen LogP contribution in [0.15, 0.2) is 24.4 Å². The van der Waals surface area contributed by atoms with E-state index in [0.29, 0.717) is 12.2 Å². The molecule has 2 rings (SSSR count). The second kappa shape index (κ2) is 7.99. The molecule has 2 aromatic rings. The van der Waals surface area contributed by atoms with E-state index in [9.17, 15) is 4.79 Å². The number of benzene rings is 1. The zero-order valence-corrected chi connectivity index (χ0v) is 13.8. The highest BCUT2D eigenvalue weighted by Crippen LogP contribution is 2.28. The van der Waals surface area contributed by atoms with Crippen molar-refractivity contribution < 1.29 is 9.53 Å². The van der Waals surface area contributed by atoms with E-state index in [2.05, 4.69) is 29.8 Å². The third kappa shape index (κ3) is 3.89. The minimum absolute atomic E-state index is 0.205. The van der Waals surface area contributed by atoms with Gasteiger partial charge in [-0.05, 0) is 37.6 Å². The second-order valence-electron chi connectivity index (χ2n) is 5.50. The number of carbonyl (C=O) groups excluding carboxylic acids is 1. The van der Waals surface area contributed by atoms with Crippen molar-refractivity contribution in [1.29, 1.82) is 0 Å². The van der Waals surface area contributed by atoms with Crippen molar-refractivity contribution in [3.63, 3.8) is 0 Å². The molecule has 0 atom stereocenters. The van der Waals surface area contributed by atoms with Crippen molar-refractivity contribution in [1.82, 2.24) is 9.88 Å². The lowest BCUT2D eigenvalue weighted by atomic mass is 10.1. The van der Waals surface area contributed by atoms with Crippen molar-refractivity contribution in [2.24, 2.45) is 0 Å². The summed E-state index contributed by atoms with van der Waals surface area (Å²) in [5, 5.41) is 1.15. The number of nitrogens with one attached hydrogen (secondary N) is 1. The van der Waals surface area contributed by atoms with E-state index in [-0.39, 0.29) is 5.97 Å². The van der Waals surface area contributed by atoms with Crippen LogP contribution in [0.5, 0.6) is 5.75 Å². The monoisotopic (exact) mass is 302 g/mol. The van der Waals surface area contributed by atoms with E-state index in [1.165, 1.54) is 12.0 Å². The molecule has 4 nitrogen and oxygen atoms in total. The number of aromatic nitrogens is 1. The van der Waals surface area contributed by atoms with E-state index < -0.39 is 0 Å². The molecule has 0 saturated heterocycles. The smallest absolute Gasteiger partial charge is 0.310 e. The van der Waals surface area contributed by atoms with Crippen molar-refractivity contribution in [2.45, 2.75) is 40.0 Å². The van der Waals surface area contributed by atoms with Gasteiger partial charge in [0.25, 0.3) is 0 Å². The fraction of sp³-hybridized carbons (Fsp3) is 0.500. The SMILES string of the molecule is CCCN(CC)CCc1c[nH]c2c(OC(=O)CC)cccc12. The average molecular weight is 302 g/mol. The third-order valence-electron chi connectivity index (χ3n) is 3.96. The Bertz CT molecular complexity index is 619. The van der Waals surface area contributed by atoms with Gasteiger partial charge in [-0.15, -0.1) is 0 Å². The van der Waals surface area contributed by atoms with Crippen LogP contribution < -0.4 is 4.74 Å². The highest BCUT2D eigenvalue weighted by molar-refractivity contribution is 5.90. The van der Waals surface area contributed by atoms with Gasteiger partial charge >= 0.3 is 5.97 Å². The van der Waals surface area contributed by atoms with Crippen LogP contribution in [-0.4, -0.2) is 35.5 Å². The molecule has 0 spiro atoms. The average Bonchev–Trinajstić information content (AvgIpc) is 2.95. The first-order valence-corrected chi connectivity index (χ1v) is 8.21. The Kier molecular flexibility index (Phi) is 6.01. The number of rotatable bonds is 8. The number of carbonyl (C=O) groups is 1. The minimum Gasteiger partial charge on any atom is -0.424 e. The lowest BCUT2D eigenvalue weighted by molar-refractivity contribution is -0.133. The van der Waals surface area contributed by atoms with Crippen molar-refractivity contribution in [2.75, 3.05) is 19.6 Å². The van der Waals surface area contributed by atoms with Crippen LogP contribution in [0.3, 0.4) is 0 Å². The van der Waals surface area contributed by atoms with Gasteiger partial charge in [0.05, 0.1) is 5.52 Å². The Morgan fingerprint density at radius 2 is 2.05 bits per heavy atom. The zero-order valence-electron chi connectivity index (χ0n) is 13.8. The summed E-state index contributed by atoms with van der Waals surface area (Å²) in [6.07, 6.45) is 4.60. The number of esters is 1. The molecule has 22 heavy (non-hydrogen) atoms. The maximum atomic E-state index is 11.5. The summed E-state index contributed by atoms with van der Waals surface area (Å²) in [7, 11) is 0. The first-order chi connectivity index (χ1) is 10.7. The number of fused-ring (bicyclic) bond motifs is 1. The molecule has 0 aliphatic carbocycles. The molecule has 4 heteroatoms. The van der Waals surface area contributed by atoms with E-state index in [4.69, 9.17) is 4.74 Å². The van der Waals surface area contributed by atoms with Gasteiger partial charge in [0, 0.05) is 24.5 Å². The Balaban J connectivity index is 2.15. The standard InChI is InChI=1S/C18H26N2O2/c1-4-11-20(6-3)12-10-14-13-19-18-15(14)8-7-9-16(18)22-17(21)5-2/h7-9,13,19H,4-6,10-12H2,1-3H3. The number of aromatic amines is 1. The van der Waals surface area contributed by atoms with Crippen LogP contribution in [0.25, 0.3) is 10.9 Å². The Labute approximate surface area is 132 Å². The van der Waals surface area contributed by atoms with Gasteiger partial charge in [-0.2, -0.15) is 0 Å². The van der Waals surface area contributed by atoms with Gasteiger partial charge in [0.1, 0.15) is 0 Å². The predicted molar refractivity (Wildman–Crippen MR) is 90.3 cm³/mol. The van der Waals surface area contributed by atoms with Gasteiger partial charge in [-0.1, -0.05) is 32.9 Å². The summed E-state index contributed by atoms with van der Waals surface area (Å²) in [6.45, 7) is 9.48. The number of hydrogen-bond donors (Lipinski definition) is 1. The molecule has 0 saturated carbocycles. The quantitative estimate of drug-likeness (QED) is 0.596. The Morgan fingerprint density at radius 3 is 2.73 bits per heavy atom. The molecule has 0 aliphatic rings. The van der Waals surface area contributed by atoms with Crippen molar-refractivity contribution in [3.8, 4) is 5.75 Å². The lowest BCUT2D eigenvalue weighted by Crippen LogP contribution is -2.26. The van der Waals surface area contributed by atoms with E-state index in [0.717, 1.165) is 37.0 Å². The molecule has 0 unspecified atom stereocenters. The third-order valence-corrected chi connectivity index (χ3v) is 3.96. The zero-order chi connectivity index (χ0) is 15.9. The highest BCUT2D eigenvalue weighted by Gasteiger charge is 2.11. The minimum atomic E-state index is -0.205. The van der Waals surface area contributed by atoms with Crippen LogP contribution in [-0.2, 0) is 11.2 Å². The predicted octanol–water partition coefficient (Wildman–Crippen LogP) is 3.76. The summed E-state index contributed by atoms with van der Waals surface area (Å²) in [5.41, 5.74) is 2.19. The maximum absolute atomic E-state index is 11.5. The molecule has 1 heterocycles. The van der Waals surface area contributed by atoms with Crippen LogP contribution >= 0.6 is 0 Å². The van der Waals surface area contributed by atoms with Crippen LogP contribution in [0.4, 0.5) is 0 Å². The number of likely N-dealkylation sites (N-methyl/N-ethyl adjacent to an activating group) is 1. The molecule has 0 aliphatic heterocycles. The molecule has 1 aromatic carbocycles. The van der Waals surface area contributed by atoms with Crippen LogP contribution in [0.1, 0.15) is 39.2 Å². The summed E-state index contributed by atoms with van der Waals surface area (Å²) < 4.78 is 5.39. The number of ether oxygens (including phenoxy) is 1. The summed E-state index contributed by atoms with van der Waals surface area (Å²) >= 11 is 0. The summed E-state index contributed by atoms with van der Waals surface area (Å²) in [4.78, 5) is 17.2. The van der Waals surface area contributed by atoms with Gasteiger partial charge < -0.3 is 14.6 Å². The molecule has 0 bridgehead atoms. The molecular formula is C18H26N2O2. The molecule has 0 amide bonds. The van der Waals surface area contributed by atoms with Crippen molar-refractivity contribution >= 4 is 16.9 Å². The number of hydrogen-bond acceptors (Lipinski definition) is 3. The number of nitrogens with zero attached hydrogens (tertiary/aromatic N) is 1. The summed E-state index contributed by atoms with van der Waals surface area (Å²) in [5.74, 6) is 0.417. The van der Waals surface area contributed by atoms with Gasteiger partial charge in [0.15, 0.2) is 5.75 Å². The first kappa shape index (κ1) is 16.6. The lowest BCUT2D eigenvalue weighted by Gasteiger charge is -2.19. The molecule has 120 valence electrons. The topological polar surface area (TPSA) is 45.3 Å². The fourth-order valence-corrected chi connectivity index (χ4v) is 2.69. The maximum Gasteiger partial charge on any atom is 0.310 e. The molecule has 1 N–H and O–H groups in total. The normalized spacial score (nSPS) is 11.3. The Hall–Kier alpha value is -1.81. The van der Waals surface area contributed by atoms with E-state index in [1.807, 2.05) is 18.3 Å². The number of para-hydroxylation sites is 1. The Morgan fingerprint density at radius 1 is 1.23 bits per heavy atom. The summed E-state index contributed by atoms with van der Waals surface area (Å²) in [6, 6.07) is 5.87. The largest absolute Gasteiger partial charge is 0.424 e. The fourth-order valence-electron chi connectivity index (χ4n) is 2.69. The number of H-pyrrole nitrogens is 1. The van der Waals surface area contributed by atoms with E-state index in [1.54, 1.807) is 6.92 Å². The molecule has 1 aromatic heterocycles. The highest BCUT2D eigenvalue weighted by atomic mass is 16.5. The molecular weight excluding hydrogens is 276 g/mol. The first-order valence-electron chi connectivity index (χ1n) is 8.21. The van der Waals surface area contributed by atoms with Crippen molar-refractivity contribution in [3.05, 3.63) is 30.0 Å². The molecule has 0 radical (unpaired) electrons. The van der Waals surface area contributed by atoms with Gasteiger partial charge in [-0.25, -0.2) is 0 Å². The van der Waals surface area contributed by atoms with Crippen LogP contribution in [0, 0.1) is 0 Å². The van der Waals surface area contributed by atoms with E-state index >= 15 is 0 Å².